The standard InChI is InChI=1S/C13H11IN2O/c1-16(12-7-3-2-6-11(12)14)13(17)10-5-4-8-15-9-10/h2-9H,1H3. The third-order valence-electron chi connectivity index (χ3n) is 2.43. The highest BCUT2D eigenvalue weighted by atomic mass is 127. The number of halogens is 1. The molecular formula is C13H11IN2O. The summed E-state index contributed by atoms with van der Waals surface area (Å²) in [4.78, 5) is 17.8. The van der Waals surface area contributed by atoms with Gasteiger partial charge in [0, 0.05) is 23.0 Å². The van der Waals surface area contributed by atoms with E-state index < -0.39 is 0 Å². The van der Waals surface area contributed by atoms with Crippen molar-refractivity contribution in [3.05, 3.63) is 57.9 Å². The van der Waals surface area contributed by atoms with E-state index in [2.05, 4.69) is 27.6 Å². The quantitative estimate of drug-likeness (QED) is 0.789. The smallest absolute Gasteiger partial charge is 0.259 e. The second-order valence-electron chi connectivity index (χ2n) is 3.56. The SMILES string of the molecule is CN(C(=O)c1cccnc1)c1ccccc1I. The average molecular weight is 338 g/mol. The van der Waals surface area contributed by atoms with Crippen molar-refractivity contribution >= 4 is 34.2 Å². The number of carbonyl (C=O) groups is 1. The van der Waals surface area contributed by atoms with Gasteiger partial charge < -0.3 is 4.90 Å². The van der Waals surface area contributed by atoms with Gasteiger partial charge in [-0.3, -0.25) is 9.78 Å². The Labute approximate surface area is 114 Å². The third-order valence-corrected chi connectivity index (χ3v) is 3.34. The molecule has 0 aliphatic rings. The minimum absolute atomic E-state index is 0.0535. The second kappa shape index (κ2) is 5.27. The van der Waals surface area contributed by atoms with Crippen LogP contribution in [0.1, 0.15) is 10.4 Å². The minimum Gasteiger partial charge on any atom is -0.310 e. The molecule has 2 aromatic rings. The molecule has 0 fully saturated rings. The van der Waals surface area contributed by atoms with E-state index in [0.717, 1.165) is 9.26 Å². The maximum atomic E-state index is 12.2. The maximum absolute atomic E-state index is 12.2. The van der Waals surface area contributed by atoms with Crippen LogP contribution in [-0.4, -0.2) is 17.9 Å². The number of benzene rings is 1. The third kappa shape index (κ3) is 2.63. The minimum atomic E-state index is -0.0535. The fourth-order valence-electron chi connectivity index (χ4n) is 1.52. The van der Waals surface area contributed by atoms with Crippen LogP contribution in [0.5, 0.6) is 0 Å². The van der Waals surface area contributed by atoms with Crippen molar-refractivity contribution in [2.75, 3.05) is 11.9 Å². The first-order chi connectivity index (χ1) is 8.20. The molecule has 1 aromatic heterocycles. The molecule has 1 aromatic carbocycles. The van der Waals surface area contributed by atoms with Crippen molar-refractivity contribution in [3.63, 3.8) is 0 Å². The number of nitrogens with zero attached hydrogens (tertiary/aromatic N) is 2. The number of amides is 1. The molecule has 3 nitrogen and oxygen atoms in total. The second-order valence-corrected chi connectivity index (χ2v) is 4.72. The van der Waals surface area contributed by atoms with Crippen molar-refractivity contribution < 1.29 is 4.79 Å². The van der Waals surface area contributed by atoms with E-state index >= 15 is 0 Å². The summed E-state index contributed by atoms with van der Waals surface area (Å²) in [5, 5.41) is 0. The Morgan fingerprint density at radius 2 is 2.00 bits per heavy atom. The van der Waals surface area contributed by atoms with Crippen LogP contribution in [0.3, 0.4) is 0 Å². The molecule has 2 rings (SSSR count). The number of pyridine rings is 1. The molecule has 0 saturated carbocycles. The fraction of sp³-hybridized carbons (Fsp3) is 0.0769. The Morgan fingerprint density at radius 1 is 1.24 bits per heavy atom. The largest absolute Gasteiger partial charge is 0.310 e. The molecule has 0 saturated heterocycles. The molecule has 0 atom stereocenters. The number of hydrogen-bond acceptors (Lipinski definition) is 2. The van der Waals surface area contributed by atoms with E-state index in [-0.39, 0.29) is 5.91 Å². The molecule has 0 bridgehead atoms. The molecule has 0 radical (unpaired) electrons. The molecule has 17 heavy (non-hydrogen) atoms. The van der Waals surface area contributed by atoms with Crippen molar-refractivity contribution in [2.24, 2.45) is 0 Å². The van der Waals surface area contributed by atoms with Crippen LogP contribution in [0, 0.1) is 3.57 Å². The molecule has 1 heterocycles. The molecule has 0 unspecified atom stereocenters. The summed E-state index contributed by atoms with van der Waals surface area (Å²) in [5.41, 5.74) is 1.50. The first-order valence-corrected chi connectivity index (χ1v) is 6.20. The van der Waals surface area contributed by atoms with E-state index in [1.54, 1.807) is 36.5 Å². The summed E-state index contributed by atoms with van der Waals surface area (Å²) >= 11 is 2.22. The number of carbonyl (C=O) groups excluding carboxylic acids is 1. The lowest BCUT2D eigenvalue weighted by molar-refractivity contribution is 0.0992. The predicted molar refractivity (Wildman–Crippen MR) is 76.1 cm³/mol. The van der Waals surface area contributed by atoms with E-state index in [1.807, 2.05) is 24.3 Å². The van der Waals surface area contributed by atoms with Crippen LogP contribution in [0.2, 0.25) is 0 Å². The highest BCUT2D eigenvalue weighted by Gasteiger charge is 2.14. The summed E-state index contributed by atoms with van der Waals surface area (Å²) in [5.74, 6) is -0.0535. The van der Waals surface area contributed by atoms with Crippen molar-refractivity contribution in [2.45, 2.75) is 0 Å². The fourth-order valence-corrected chi connectivity index (χ4v) is 2.27. The first-order valence-electron chi connectivity index (χ1n) is 5.13. The van der Waals surface area contributed by atoms with Crippen LogP contribution in [0.25, 0.3) is 0 Å². The van der Waals surface area contributed by atoms with Crippen LogP contribution in [-0.2, 0) is 0 Å². The number of rotatable bonds is 2. The topological polar surface area (TPSA) is 33.2 Å². The lowest BCUT2D eigenvalue weighted by Crippen LogP contribution is -2.26. The van der Waals surface area contributed by atoms with E-state index in [0.29, 0.717) is 5.56 Å². The van der Waals surface area contributed by atoms with Gasteiger partial charge in [-0.05, 0) is 46.9 Å². The molecule has 0 N–H and O–H groups in total. The van der Waals surface area contributed by atoms with Gasteiger partial charge in [-0.2, -0.15) is 0 Å². The van der Waals surface area contributed by atoms with Gasteiger partial charge in [-0.1, -0.05) is 12.1 Å². The Bertz CT molecular complexity index is 528. The Morgan fingerprint density at radius 3 is 2.65 bits per heavy atom. The number of para-hydroxylation sites is 1. The molecule has 1 amide bonds. The average Bonchev–Trinajstić information content (AvgIpc) is 2.39. The van der Waals surface area contributed by atoms with E-state index in [4.69, 9.17) is 0 Å². The van der Waals surface area contributed by atoms with Gasteiger partial charge in [0.1, 0.15) is 0 Å². The molecule has 0 spiro atoms. The molecule has 86 valence electrons. The predicted octanol–water partition coefficient (Wildman–Crippen LogP) is 2.96. The van der Waals surface area contributed by atoms with Crippen LogP contribution in [0.4, 0.5) is 5.69 Å². The van der Waals surface area contributed by atoms with Crippen molar-refractivity contribution in [3.8, 4) is 0 Å². The summed E-state index contributed by atoms with van der Waals surface area (Å²) in [6.45, 7) is 0. The zero-order valence-corrected chi connectivity index (χ0v) is 11.5. The molecule has 0 aliphatic heterocycles. The van der Waals surface area contributed by atoms with Crippen molar-refractivity contribution in [1.82, 2.24) is 4.98 Å². The van der Waals surface area contributed by atoms with Gasteiger partial charge >= 0.3 is 0 Å². The van der Waals surface area contributed by atoms with Crippen LogP contribution in [0.15, 0.2) is 48.8 Å². The van der Waals surface area contributed by atoms with Gasteiger partial charge in [-0.15, -0.1) is 0 Å². The van der Waals surface area contributed by atoms with Crippen molar-refractivity contribution in [1.29, 1.82) is 0 Å². The molecule has 4 heteroatoms. The number of anilines is 1. The van der Waals surface area contributed by atoms with E-state index in [1.165, 1.54) is 0 Å². The van der Waals surface area contributed by atoms with Crippen LogP contribution < -0.4 is 4.90 Å². The Hall–Kier alpha value is -1.43. The summed E-state index contributed by atoms with van der Waals surface area (Å²) in [6.07, 6.45) is 3.23. The summed E-state index contributed by atoms with van der Waals surface area (Å²) in [7, 11) is 1.77. The molecular weight excluding hydrogens is 327 g/mol. The maximum Gasteiger partial charge on any atom is 0.259 e. The van der Waals surface area contributed by atoms with Gasteiger partial charge in [0.15, 0.2) is 0 Å². The Kier molecular flexibility index (Phi) is 3.73. The van der Waals surface area contributed by atoms with Gasteiger partial charge in [0.25, 0.3) is 5.91 Å². The van der Waals surface area contributed by atoms with Gasteiger partial charge in [0.05, 0.1) is 11.3 Å². The zero-order chi connectivity index (χ0) is 12.3. The number of hydrogen-bond donors (Lipinski definition) is 0. The summed E-state index contributed by atoms with van der Waals surface area (Å²) in [6, 6.07) is 11.3. The monoisotopic (exact) mass is 338 g/mol. The highest BCUT2D eigenvalue weighted by Crippen LogP contribution is 2.22. The summed E-state index contributed by atoms with van der Waals surface area (Å²) < 4.78 is 1.05. The van der Waals surface area contributed by atoms with Crippen LogP contribution >= 0.6 is 22.6 Å². The highest BCUT2D eigenvalue weighted by molar-refractivity contribution is 14.1. The number of aromatic nitrogens is 1. The lowest BCUT2D eigenvalue weighted by atomic mass is 10.2. The normalized spacial score (nSPS) is 10.0. The van der Waals surface area contributed by atoms with Gasteiger partial charge in [-0.25, -0.2) is 0 Å². The van der Waals surface area contributed by atoms with E-state index in [9.17, 15) is 4.79 Å². The Balaban J connectivity index is 2.30. The lowest BCUT2D eigenvalue weighted by Gasteiger charge is -2.18. The molecule has 0 aliphatic carbocycles. The van der Waals surface area contributed by atoms with Gasteiger partial charge in [0.2, 0.25) is 0 Å². The zero-order valence-electron chi connectivity index (χ0n) is 9.30. The first kappa shape index (κ1) is 12.0.